The van der Waals surface area contributed by atoms with Crippen molar-refractivity contribution < 1.29 is 4.79 Å². The Kier molecular flexibility index (Phi) is 6.33. The normalized spacial score (nSPS) is 15.1. The van der Waals surface area contributed by atoms with Crippen LogP contribution in [0.5, 0.6) is 0 Å². The summed E-state index contributed by atoms with van der Waals surface area (Å²) in [5, 5.41) is 3.14. The van der Waals surface area contributed by atoms with Crippen molar-refractivity contribution in [2.24, 2.45) is 0 Å². The van der Waals surface area contributed by atoms with Gasteiger partial charge in [0.25, 0.3) is 5.91 Å². The summed E-state index contributed by atoms with van der Waals surface area (Å²) in [6.45, 7) is 9.11. The molecule has 1 aliphatic rings. The van der Waals surface area contributed by atoms with Gasteiger partial charge < -0.3 is 14.6 Å². The highest BCUT2D eigenvalue weighted by atomic mass is 16.1. The van der Waals surface area contributed by atoms with Crippen molar-refractivity contribution in [3.8, 4) is 0 Å². The molecule has 1 fully saturated rings. The lowest BCUT2D eigenvalue weighted by Crippen LogP contribution is -2.46. The van der Waals surface area contributed by atoms with E-state index in [1.54, 1.807) is 0 Å². The van der Waals surface area contributed by atoms with Crippen LogP contribution >= 0.6 is 0 Å². The van der Waals surface area contributed by atoms with Gasteiger partial charge in [0.05, 0.1) is 5.56 Å². The van der Waals surface area contributed by atoms with Gasteiger partial charge in [-0.3, -0.25) is 14.7 Å². The number of hydrogen-bond acceptors (Lipinski definition) is 4. The van der Waals surface area contributed by atoms with Crippen LogP contribution in [0, 0.1) is 0 Å². The molecule has 158 valence electrons. The smallest absolute Gasteiger partial charge is 0.252 e. The lowest BCUT2D eigenvalue weighted by molar-refractivity contribution is 0.0934. The molecule has 1 aliphatic heterocycles. The van der Waals surface area contributed by atoms with Crippen LogP contribution < -0.4 is 10.2 Å². The third-order valence-corrected chi connectivity index (χ3v) is 6.04. The third kappa shape index (κ3) is 4.49. The quantitative estimate of drug-likeness (QED) is 0.653. The van der Waals surface area contributed by atoms with E-state index in [0.717, 1.165) is 56.9 Å². The Morgan fingerprint density at radius 2 is 1.83 bits per heavy atom. The molecule has 0 spiro atoms. The maximum Gasteiger partial charge on any atom is 0.252 e. The summed E-state index contributed by atoms with van der Waals surface area (Å²) < 4.78 is 2.15. The van der Waals surface area contributed by atoms with Gasteiger partial charge in [-0.1, -0.05) is 19.9 Å². The molecule has 1 N–H and O–H groups in total. The summed E-state index contributed by atoms with van der Waals surface area (Å²) in [4.78, 5) is 21.8. The molecule has 1 saturated heterocycles. The van der Waals surface area contributed by atoms with E-state index in [-0.39, 0.29) is 11.9 Å². The second-order valence-corrected chi connectivity index (χ2v) is 8.02. The Balaban J connectivity index is 1.45. The maximum atomic E-state index is 12.7. The average molecular weight is 406 g/mol. The maximum absolute atomic E-state index is 12.7. The van der Waals surface area contributed by atoms with Gasteiger partial charge in [-0.2, -0.15) is 0 Å². The molecule has 0 unspecified atom stereocenters. The number of aromatic nitrogens is 2. The summed E-state index contributed by atoms with van der Waals surface area (Å²) in [6.07, 6.45) is 7.63. The highest BCUT2D eigenvalue weighted by molar-refractivity contribution is 5.94. The first kappa shape index (κ1) is 20.4. The number of anilines is 1. The molecule has 30 heavy (non-hydrogen) atoms. The van der Waals surface area contributed by atoms with Crippen molar-refractivity contribution in [3.05, 3.63) is 66.1 Å². The molecule has 0 saturated carbocycles. The SMILES string of the molecule is CCC(CC)NC(=O)c1ccc2ccc(N3CCN(Cc4cccnc4)CC3)n2c1. The Labute approximate surface area is 178 Å². The molecular formula is C24H31N5O. The van der Waals surface area contributed by atoms with Gasteiger partial charge >= 0.3 is 0 Å². The highest BCUT2D eigenvalue weighted by Crippen LogP contribution is 2.22. The van der Waals surface area contributed by atoms with E-state index in [1.165, 1.54) is 5.56 Å². The Hall–Kier alpha value is -2.86. The fourth-order valence-corrected chi connectivity index (χ4v) is 4.13. The van der Waals surface area contributed by atoms with E-state index in [2.05, 4.69) is 56.5 Å². The van der Waals surface area contributed by atoms with Crippen LogP contribution in [0.15, 0.2) is 55.0 Å². The summed E-state index contributed by atoms with van der Waals surface area (Å²) in [5.74, 6) is 1.16. The molecule has 0 bridgehead atoms. The zero-order valence-electron chi connectivity index (χ0n) is 17.9. The summed E-state index contributed by atoms with van der Waals surface area (Å²) >= 11 is 0. The van der Waals surface area contributed by atoms with Crippen molar-refractivity contribution in [1.29, 1.82) is 0 Å². The Bertz CT molecular complexity index is 972. The second kappa shape index (κ2) is 9.30. The number of rotatable bonds is 7. The van der Waals surface area contributed by atoms with E-state index in [1.807, 2.05) is 36.8 Å². The van der Waals surface area contributed by atoms with Crippen LogP contribution in [-0.2, 0) is 6.54 Å². The number of amides is 1. The average Bonchev–Trinajstić information content (AvgIpc) is 3.22. The number of hydrogen-bond donors (Lipinski definition) is 1. The van der Waals surface area contributed by atoms with Crippen LogP contribution in [-0.4, -0.2) is 52.4 Å². The minimum absolute atomic E-state index is 0.00606. The zero-order valence-corrected chi connectivity index (χ0v) is 17.9. The molecule has 4 rings (SSSR count). The van der Waals surface area contributed by atoms with Gasteiger partial charge in [-0.15, -0.1) is 0 Å². The van der Waals surface area contributed by atoms with Gasteiger partial charge in [0.1, 0.15) is 5.82 Å². The van der Waals surface area contributed by atoms with E-state index >= 15 is 0 Å². The predicted molar refractivity (Wildman–Crippen MR) is 121 cm³/mol. The minimum atomic E-state index is 0.00606. The fraction of sp³-hybridized carbons (Fsp3) is 0.417. The van der Waals surface area contributed by atoms with E-state index in [9.17, 15) is 4.79 Å². The first-order valence-electron chi connectivity index (χ1n) is 11.0. The number of carbonyl (C=O) groups is 1. The zero-order chi connectivity index (χ0) is 20.9. The van der Waals surface area contributed by atoms with Crippen molar-refractivity contribution in [1.82, 2.24) is 19.6 Å². The molecule has 6 heteroatoms. The molecule has 0 atom stereocenters. The van der Waals surface area contributed by atoms with Gasteiger partial charge in [-0.25, -0.2) is 0 Å². The number of carbonyl (C=O) groups excluding carboxylic acids is 1. The standard InChI is InChI=1S/C24H31N5O/c1-3-21(4-2)26-24(30)20-7-8-22-9-10-23(29(22)18-20)28-14-12-27(13-15-28)17-19-6-5-11-25-16-19/h5-11,16,18,21H,3-4,12-15,17H2,1-2H3,(H,26,30). The number of piperazine rings is 1. The third-order valence-electron chi connectivity index (χ3n) is 6.04. The molecule has 0 aliphatic carbocycles. The van der Waals surface area contributed by atoms with Gasteiger partial charge in [0, 0.05) is 62.9 Å². The molecule has 1 amide bonds. The van der Waals surface area contributed by atoms with Gasteiger partial charge in [0.15, 0.2) is 0 Å². The topological polar surface area (TPSA) is 52.9 Å². The van der Waals surface area contributed by atoms with Crippen molar-refractivity contribution in [2.75, 3.05) is 31.1 Å². The Morgan fingerprint density at radius 3 is 2.53 bits per heavy atom. The van der Waals surface area contributed by atoms with Crippen LogP contribution in [0.1, 0.15) is 42.6 Å². The summed E-state index contributed by atoms with van der Waals surface area (Å²) in [5.41, 5.74) is 3.08. The van der Waals surface area contributed by atoms with Crippen LogP contribution in [0.2, 0.25) is 0 Å². The first-order valence-corrected chi connectivity index (χ1v) is 11.0. The van der Waals surface area contributed by atoms with Gasteiger partial charge in [0.2, 0.25) is 0 Å². The second-order valence-electron chi connectivity index (χ2n) is 8.02. The monoisotopic (exact) mass is 405 g/mol. The molecule has 3 aromatic rings. The van der Waals surface area contributed by atoms with Crippen molar-refractivity contribution in [3.63, 3.8) is 0 Å². The van der Waals surface area contributed by atoms with E-state index in [0.29, 0.717) is 5.56 Å². The lowest BCUT2D eigenvalue weighted by atomic mass is 10.1. The van der Waals surface area contributed by atoms with E-state index < -0.39 is 0 Å². The van der Waals surface area contributed by atoms with Crippen LogP contribution in [0.25, 0.3) is 5.52 Å². The molecule has 0 radical (unpaired) electrons. The Morgan fingerprint density at radius 1 is 1.07 bits per heavy atom. The van der Waals surface area contributed by atoms with Crippen LogP contribution in [0.3, 0.4) is 0 Å². The van der Waals surface area contributed by atoms with Crippen molar-refractivity contribution >= 4 is 17.2 Å². The molecular weight excluding hydrogens is 374 g/mol. The highest BCUT2D eigenvalue weighted by Gasteiger charge is 2.20. The largest absolute Gasteiger partial charge is 0.355 e. The number of fused-ring (bicyclic) bond motifs is 1. The predicted octanol–water partition coefficient (Wildman–Crippen LogP) is 3.57. The fourth-order valence-electron chi connectivity index (χ4n) is 4.13. The molecule has 3 aromatic heterocycles. The van der Waals surface area contributed by atoms with E-state index in [4.69, 9.17) is 0 Å². The van der Waals surface area contributed by atoms with Gasteiger partial charge in [-0.05, 0) is 48.7 Å². The summed E-state index contributed by atoms with van der Waals surface area (Å²) in [6, 6.07) is 12.6. The van der Waals surface area contributed by atoms with Crippen LogP contribution in [0.4, 0.5) is 5.82 Å². The lowest BCUT2D eigenvalue weighted by Gasteiger charge is -2.35. The number of nitrogens with zero attached hydrogens (tertiary/aromatic N) is 4. The number of pyridine rings is 2. The molecule has 4 heterocycles. The van der Waals surface area contributed by atoms with Crippen molar-refractivity contribution in [2.45, 2.75) is 39.3 Å². The number of nitrogens with one attached hydrogen (secondary N) is 1. The molecule has 6 nitrogen and oxygen atoms in total. The summed E-state index contributed by atoms with van der Waals surface area (Å²) in [7, 11) is 0. The first-order chi connectivity index (χ1) is 14.7. The minimum Gasteiger partial charge on any atom is -0.355 e. The molecule has 0 aromatic carbocycles.